The zero-order chi connectivity index (χ0) is 16.2. The molecule has 2 aromatic rings. The minimum atomic E-state index is -3.59. The molecule has 118 valence electrons. The molecule has 2 rings (SSSR count). The highest BCUT2D eigenvalue weighted by atomic mass is 32.2. The monoisotopic (exact) mass is 339 g/mol. The fourth-order valence-corrected chi connectivity index (χ4v) is 3.75. The van der Waals surface area contributed by atoms with E-state index in [2.05, 4.69) is 15.4 Å². The van der Waals surface area contributed by atoms with Crippen molar-refractivity contribution in [1.29, 1.82) is 0 Å². The van der Waals surface area contributed by atoms with Crippen LogP contribution in [0.4, 0.5) is 16.2 Å². The second-order valence-electron chi connectivity index (χ2n) is 4.87. The first-order valence-electron chi connectivity index (χ1n) is 6.61. The molecule has 0 bridgehead atoms. The lowest BCUT2D eigenvalue weighted by molar-refractivity contribution is 0.250. The third-order valence-corrected chi connectivity index (χ3v) is 5.33. The first-order valence-corrected chi connectivity index (χ1v) is 8.97. The van der Waals surface area contributed by atoms with E-state index >= 15 is 0 Å². The molecule has 0 spiro atoms. The Morgan fingerprint density at radius 1 is 1.14 bits per heavy atom. The number of carbonyl (C=O) groups excluding carboxylic acids is 1. The van der Waals surface area contributed by atoms with Crippen molar-refractivity contribution in [1.82, 2.24) is 5.32 Å². The molecule has 2 amide bonds. The highest BCUT2D eigenvalue weighted by Gasteiger charge is 2.15. The number of hydrogen-bond donors (Lipinski definition) is 3. The van der Waals surface area contributed by atoms with Crippen molar-refractivity contribution in [3.8, 4) is 0 Å². The Hall–Kier alpha value is -2.06. The summed E-state index contributed by atoms with van der Waals surface area (Å²) >= 11 is 1.14. The second kappa shape index (κ2) is 6.80. The molecule has 6 nitrogen and oxygen atoms in total. The molecule has 0 radical (unpaired) electrons. The van der Waals surface area contributed by atoms with E-state index in [-0.39, 0.29) is 16.3 Å². The summed E-state index contributed by atoms with van der Waals surface area (Å²) in [4.78, 5) is 11.6. The molecule has 1 aromatic heterocycles. The van der Waals surface area contributed by atoms with Crippen LogP contribution in [0.1, 0.15) is 13.8 Å². The van der Waals surface area contributed by atoms with Crippen LogP contribution in [0.25, 0.3) is 0 Å². The summed E-state index contributed by atoms with van der Waals surface area (Å²) < 4.78 is 27.0. The molecule has 0 saturated carbocycles. The molecule has 0 atom stereocenters. The van der Waals surface area contributed by atoms with Gasteiger partial charge < -0.3 is 10.6 Å². The highest BCUT2D eigenvalue weighted by Crippen LogP contribution is 2.22. The number of thiophene rings is 1. The predicted octanol–water partition coefficient (Wildman–Crippen LogP) is 3.08. The van der Waals surface area contributed by atoms with Crippen LogP contribution < -0.4 is 15.4 Å². The van der Waals surface area contributed by atoms with Crippen molar-refractivity contribution in [2.24, 2.45) is 0 Å². The minimum absolute atomic E-state index is 0.0144. The van der Waals surface area contributed by atoms with Gasteiger partial charge in [-0.3, -0.25) is 4.72 Å². The summed E-state index contributed by atoms with van der Waals surface area (Å²) in [5.74, 6) is 0. The number of benzene rings is 1. The Morgan fingerprint density at radius 3 is 2.50 bits per heavy atom. The first kappa shape index (κ1) is 16.3. The van der Waals surface area contributed by atoms with Gasteiger partial charge in [-0.2, -0.15) is 0 Å². The third-order valence-electron chi connectivity index (χ3n) is 2.55. The molecular weight excluding hydrogens is 322 g/mol. The van der Waals surface area contributed by atoms with E-state index in [1.165, 1.54) is 6.07 Å². The number of nitrogens with one attached hydrogen (secondary N) is 3. The molecule has 0 fully saturated rings. The lowest BCUT2D eigenvalue weighted by atomic mass is 10.3. The fourth-order valence-electron chi connectivity index (χ4n) is 1.71. The van der Waals surface area contributed by atoms with Gasteiger partial charge in [0.2, 0.25) is 0 Å². The van der Waals surface area contributed by atoms with Crippen molar-refractivity contribution in [3.05, 3.63) is 41.8 Å². The lowest BCUT2D eigenvalue weighted by Gasteiger charge is -2.11. The van der Waals surface area contributed by atoms with Gasteiger partial charge in [-0.15, -0.1) is 11.3 Å². The van der Waals surface area contributed by atoms with Gasteiger partial charge in [0.1, 0.15) is 4.21 Å². The van der Waals surface area contributed by atoms with Gasteiger partial charge >= 0.3 is 6.03 Å². The Bertz CT molecular complexity index is 740. The number of amides is 2. The van der Waals surface area contributed by atoms with Crippen LogP contribution in [-0.4, -0.2) is 20.5 Å². The molecular formula is C14H17N3O3S2. The van der Waals surface area contributed by atoms with Gasteiger partial charge in [-0.25, -0.2) is 13.2 Å². The van der Waals surface area contributed by atoms with E-state index < -0.39 is 10.0 Å². The molecule has 1 heterocycles. The summed E-state index contributed by atoms with van der Waals surface area (Å²) in [7, 11) is -3.59. The summed E-state index contributed by atoms with van der Waals surface area (Å²) in [6.07, 6.45) is 0. The SMILES string of the molecule is CC(C)NC(=O)Nc1cccc(NS(=O)(=O)c2cccs2)c1. The van der Waals surface area contributed by atoms with Crippen LogP contribution in [0.2, 0.25) is 0 Å². The summed E-state index contributed by atoms with van der Waals surface area (Å²) in [5, 5.41) is 7.04. The molecule has 8 heteroatoms. The van der Waals surface area contributed by atoms with Crippen molar-refractivity contribution >= 4 is 38.8 Å². The third kappa shape index (κ3) is 4.47. The van der Waals surface area contributed by atoms with Crippen LogP contribution in [0, 0.1) is 0 Å². The van der Waals surface area contributed by atoms with Crippen LogP contribution in [0.5, 0.6) is 0 Å². The zero-order valence-electron chi connectivity index (χ0n) is 12.2. The van der Waals surface area contributed by atoms with E-state index in [1.807, 2.05) is 13.8 Å². The second-order valence-corrected chi connectivity index (χ2v) is 7.73. The largest absolute Gasteiger partial charge is 0.336 e. The Labute approximate surface area is 133 Å². The van der Waals surface area contributed by atoms with E-state index in [4.69, 9.17) is 0 Å². The van der Waals surface area contributed by atoms with Gasteiger partial charge in [-0.1, -0.05) is 12.1 Å². The highest BCUT2D eigenvalue weighted by molar-refractivity contribution is 7.94. The maximum atomic E-state index is 12.1. The molecule has 0 aliphatic rings. The van der Waals surface area contributed by atoms with Crippen LogP contribution in [0.15, 0.2) is 46.0 Å². The normalized spacial score (nSPS) is 11.2. The Balaban J connectivity index is 2.10. The smallest absolute Gasteiger partial charge is 0.319 e. The first-order chi connectivity index (χ1) is 10.4. The molecule has 3 N–H and O–H groups in total. The van der Waals surface area contributed by atoms with Crippen molar-refractivity contribution in [2.75, 3.05) is 10.0 Å². The minimum Gasteiger partial charge on any atom is -0.336 e. The van der Waals surface area contributed by atoms with E-state index in [1.54, 1.807) is 35.7 Å². The average molecular weight is 339 g/mol. The standard InChI is InChI=1S/C14H17N3O3S2/c1-10(2)15-14(18)16-11-5-3-6-12(9-11)17-22(19,20)13-7-4-8-21-13/h3-10,17H,1-2H3,(H2,15,16,18). The molecule has 0 aliphatic heterocycles. The number of anilines is 2. The van der Waals surface area contributed by atoms with Gasteiger partial charge in [0.15, 0.2) is 0 Å². The fraction of sp³-hybridized carbons (Fsp3) is 0.214. The molecule has 0 unspecified atom stereocenters. The molecule has 22 heavy (non-hydrogen) atoms. The van der Waals surface area contributed by atoms with Crippen molar-refractivity contribution in [2.45, 2.75) is 24.1 Å². The van der Waals surface area contributed by atoms with Gasteiger partial charge in [0, 0.05) is 11.7 Å². The number of urea groups is 1. The topological polar surface area (TPSA) is 87.3 Å². The van der Waals surface area contributed by atoms with E-state index in [0.29, 0.717) is 11.4 Å². The van der Waals surface area contributed by atoms with Gasteiger partial charge in [0.05, 0.1) is 5.69 Å². The van der Waals surface area contributed by atoms with Crippen molar-refractivity contribution in [3.63, 3.8) is 0 Å². The van der Waals surface area contributed by atoms with Crippen LogP contribution in [-0.2, 0) is 10.0 Å². The quantitative estimate of drug-likeness (QED) is 0.782. The maximum Gasteiger partial charge on any atom is 0.319 e. The molecule has 0 aliphatic carbocycles. The molecule has 1 aromatic carbocycles. The van der Waals surface area contributed by atoms with E-state index in [9.17, 15) is 13.2 Å². The Kier molecular flexibility index (Phi) is 5.04. The Morgan fingerprint density at radius 2 is 1.86 bits per heavy atom. The predicted molar refractivity (Wildman–Crippen MR) is 88.9 cm³/mol. The zero-order valence-corrected chi connectivity index (χ0v) is 13.8. The number of hydrogen-bond acceptors (Lipinski definition) is 4. The van der Waals surface area contributed by atoms with Crippen molar-refractivity contribution < 1.29 is 13.2 Å². The summed E-state index contributed by atoms with van der Waals surface area (Å²) in [6, 6.07) is 9.41. The summed E-state index contributed by atoms with van der Waals surface area (Å²) in [5.41, 5.74) is 0.889. The molecule has 0 saturated heterocycles. The van der Waals surface area contributed by atoms with Gasteiger partial charge in [0.25, 0.3) is 10.0 Å². The number of carbonyl (C=O) groups is 1. The number of rotatable bonds is 5. The summed E-state index contributed by atoms with van der Waals surface area (Å²) in [6.45, 7) is 3.70. The number of sulfonamides is 1. The van der Waals surface area contributed by atoms with Crippen LogP contribution >= 0.6 is 11.3 Å². The average Bonchev–Trinajstić information content (AvgIpc) is 2.91. The van der Waals surface area contributed by atoms with Crippen LogP contribution in [0.3, 0.4) is 0 Å². The lowest BCUT2D eigenvalue weighted by Crippen LogP contribution is -2.34. The van der Waals surface area contributed by atoms with Gasteiger partial charge in [-0.05, 0) is 43.5 Å². The maximum absolute atomic E-state index is 12.1. The van der Waals surface area contributed by atoms with E-state index in [0.717, 1.165) is 11.3 Å².